The van der Waals surface area contributed by atoms with Gasteiger partial charge in [0.25, 0.3) is 0 Å². The quantitative estimate of drug-likeness (QED) is 0.712. The third-order valence-electron chi connectivity index (χ3n) is 3.71. The summed E-state index contributed by atoms with van der Waals surface area (Å²) in [6, 6.07) is 8.34. The van der Waals surface area contributed by atoms with Gasteiger partial charge in [-0.05, 0) is 45.1 Å². The lowest BCUT2D eigenvalue weighted by Crippen LogP contribution is -2.51. The topological polar surface area (TPSA) is 84.6 Å². The van der Waals surface area contributed by atoms with Gasteiger partial charge in [0.15, 0.2) is 0 Å². The standard InChI is InChI=1S/C19H32N2O3/c1-13(2)11-12-15(22)17(21-18(23)24-19(3,4)5)16(20)14-9-7-6-8-10-14/h6-10,13,15-17,22H,11-12,20H2,1-5H3,(H,21,23). The zero-order chi connectivity index (χ0) is 18.3. The highest BCUT2D eigenvalue weighted by Gasteiger charge is 2.30. The highest BCUT2D eigenvalue weighted by molar-refractivity contribution is 5.68. The second-order valence-corrected chi connectivity index (χ2v) is 7.65. The molecule has 0 aromatic heterocycles. The lowest BCUT2D eigenvalue weighted by molar-refractivity contribution is 0.0379. The number of hydrogen-bond donors (Lipinski definition) is 3. The molecule has 5 nitrogen and oxygen atoms in total. The molecule has 0 bridgehead atoms. The van der Waals surface area contributed by atoms with Crippen LogP contribution in [0.5, 0.6) is 0 Å². The predicted molar refractivity (Wildman–Crippen MR) is 96.6 cm³/mol. The van der Waals surface area contributed by atoms with Crippen molar-refractivity contribution in [3.8, 4) is 0 Å². The molecular formula is C19H32N2O3. The Balaban J connectivity index is 2.88. The lowest BCUT2D eigenvalue weighted by Gasteiger charge is -2.31. The van der Waals surface area contributed by atoms with Gasteiger partial charge < -0.3 is 20.9 Å². The summed E-state index contributed by atoms with van der Waals surface area (Å²) in [5, 5.41) is 13.3. The number of hydrogen-bond acceptors (Lipinski definition) is 4. The monoisotopic (exact) mass is 336 g/mol. The van der Waals surface area contributed by atoms with E-state index >= 15 is 0 Å². The zero-order valence-electron chi connectivity index (χ0n) is 15.5. The van der Waals surface area contributed by atoms with Crippen molar-refractivity contribution >= 4 is 6.09 Å². The van der Waals surface area contributed by atoms with E-state index in [1.807, 2.05) is 30.3 Å². The van der Waals surface area contributed by atoms with E-state index in [4.69, 9.17) is 10.5 Å². The molecule has 1 rings (SSSR count). The van der Waals surface area contributed by atoms with Gasteiger partial charge in [0.1, 0.15) is 5.60 Å². The molecule has 5 heteroatoms. The molecule has 0 fully saturated rings. The third kappa shape index (κ3) is 7.32. The van der Waals surface area contributed by atoms with Crippen LogP contribution in [-0.4, -0.2) is 28.9 Å². The van der Waals surface area contributed by atoms with Crippen molar-refractivity contribution in [1.82, 2.24) is 5.32 Å². The highest BCUT2D eigenvalue weighted by Crippen LogP contribution is 2.21. The Morgan fingerprint density at radius 2 is 1.79 bits per heavy atom. The molecule has 0 heterocycles. The first-order chi connectivity index (χ1) is 11.1. The number of carbonyl (C=O) groups is 1. The summed E-state index contributed by atoms with van der Waals surface area (Å²) in [5.41, 5.74) is 6.59. The van der Waals surface area contributed by atoms with Gasteiger partial charge in [0.05, 0.1) is 18.2 Å². The smallest absolute Gasteiger partial charge is 0.408 e. The van der Waals surface area contributed by atoms with Crippen LogP contribution in [0.2, 0.25) is 0 Å². The number of aliphatic hydroxyl groups excluding tert-OH is 1. The molecule has 1 aromatic rings. The Morgan fingerprint density at radius 3 is 2.29 bits per heavy atom. The number of carbonyl (C=O) groups excluding carboxylic acids is 1. The number of benzene rings is 1. The molecule has 136 valence electrons. The normalized spacial score (nSPS) is 15.7. The Morgan fingerprint density at radius 1 is 1.21 bits per heavy atom. The molecule has 3 unspecified atom stereocenters. The molecule has 0 saturated heterocycles. The number of nitrogens with one attached hydrogen (secondary N) is 1. The molecule has 0 aliphatic rings. The van der Waals surface area contributed by atoms with Gasteiger partial charge in [-0.1, -0.05) is 44.2 Å². The minimum Gasteiger partial charge on any atom is -0.444 e. The molecule has 0 saturated carbocycles. The van der Waals surface area contributed by atoms with Crippen LogP contribution in [0.3, 0.4) is 0 Å². The number of rotatable bonds is 7. The Kier molecular flexibility index (Phi) is 7.70. The van der Waals surface area contributed by atoms with E-state index in [0.717, 1.165) is 12.0 Å². The SMILES string of the molecule is CC(C)CCC(O)C(NC(=O)OC(C)(C)C)C(N)c1ccccc1. The molecule has 1 amide bonds. The van der Waals surface area contributed by atoms with Crippen molar-refractivity contribution in [2.75, 3.05) is 0 Å². The first kappa shape index (κ1) is 20.5. The summed E-state index contributed by atoms with van der Waals surface area (Å²) in [4.78, 5) is 12.1. The fourth-order valence-electron chi connectivity index (χ4n) is 2.44. The average molecular weight is 336 g/mol. The van der Waals surface area contributed by atoms with Gasteiger partial charge in [0.2, 0.25) is 0 Å². The fraction of sp³-hybridized carbons (Fsp3) is 0.632. The second kappa shape index (κ2) is 9.04. The van der Waals surface area contributed by atoms with Crippen molar-refractivity contribution in [3.05, 3.63) is 35.9 Å². The van der Waals surface area contributed by atoms with Crippen molar-refractivity contribution in [1.29, 1.82) is 0 Å². The largest absolute Gasteiger partial charge is 0.444 e. The summed E-state index contributed by atoms with van der Waals surface area (Å²) in [7, 11) is 0. The minimum absolute atomic E-state index is 0.467. The van der Waals surface area contributed by atoms with E-state index in [2.05, 4.69) is 19.2 Å². The molecule has 0 aliphatic heterocycles. The predicted octanol–water partition coefficient (Wildman–Crippen LogP) is 3.38. The molecular weight excluding hydrogens is 304 g/mol. The number of aliphatic hydroxyl groups is 1. The van der Waals surface area contributed by atoms with Crippen molar-refractivity contribution in [2.45, 2.75) is 71.2 Å². The van der Waals surface area contributed by atoms with Crippen molar-refractivity contribution in [2.24, 2.45) is 11.7 Å². The lowest BCUT2D eigenvalue weighted by atomic mass is 9.92. The summed E-state index contributed by atoms with van der Waals surface area (Å²) in [5.74, 6) is 0.467. The van der Waals surface area contributed by atoms with Crippen LogP contribution >= 0.6 is 0 Å². The molecule has 24 heavy (non-hydrogen) atoms. The van der Waals surface area contributed by atoms with E-state index in [9.17, 15) is 9.90 Å². The molecule has 4 N–H and O–H groups in total. The van der Waals surface area contributed by atoms with Gasteiger partial charge in [-0.3, -0.25) is 0 Å². The minimum atomic E-state index is -0.741. The van der Waals surface area contributed by atoms with Crippen LogP contribution in [0, 0.1) is 5.92 Å². The van der Waals surface area contributed by atoms with Gasteiger partial charge in [-0.15, -0.1) is 0 Å². The summed E-state index contributed by atoms with van der Waals surface area (Å²) < 4.78 is 5.31. The van der Waals surface area contributed by atoms with Gasteiger partial charge in [0, 0.05) is 0 Å². The van der Waals surface area contributed by atoms with Crippen LogP contribution < -0.4 is 11.1 Å². The van der Waals surface area contributed by atoms with Crippen molar-refractivity contribution in [3.63, 3.8) is 0 Å². The first-order valence-corrected chi connectivity index (χ1v) is 8.58. The number of nitrogens with two attached hydrogens (primary N) is 1. The highest BCUT2D eigenvalue weighted by atomic mass is 16.6. The maximum atomic E-state index is 12.1. The van der Waals surface area contributed by atoms with E-state index in [0.29, 0.717) is 12.3 Å². The Hall–Kier alpha value is -1.59. The van der Waals surface area contributed by atoms with Crippen LogP contribution in [0.15, 0.2) is 30.3 Å². The summed E-state index contributed by atoms with van der Waals surface area (Å²) >= 11 is 0. The maximum Gasteiger partial charge on any atom is 0.408 e. The molecule has 1 aromatic carbocycles. The van der Waals surface area contributed by atoms with E-state index < -0.39 is 29.9 Å². The average Bonchev–Trinajstić information content (AvgIpc) is 2.48. The summed E-state index contributed by atoms with van der Waals surface area (Å²) in [6.45, 7) is 9.59. The summed E-state index contributed by atoms with van der Waals surface area (Å²) in [6.07, 6.45) is 0.117. The van der Waals surface area contributed by atoms with E-state index in [1.54, 1.807) is 20.8 Å². The Bertz CT molecular complexity index is 497. The Labute approximate surface area is 145 Å². The molecule has 3 atom stereocenters. The van der Waals surface area contributed by atoms with Gasteiger partial charge >= 0.3 is 6.09 Å². The van der Waals surface area contributed by atoms with E-state index in [-0.39, 0.29) is 0 Å². The van der Waals surface area contributed by atoms with Gasteiger partial charge in [-0.2, -0.15) is 0 Å². The molecule has 0 aliphatic carbocycles. The van der Waals surface area contributed by atoms with Crippen LogP contribution in [0.1, 0.15) is 59.1 Å². The number of alkyl carbamates (subject to hydrolysis) is 1. The first-order valence-electron chi connectivity index (χ1n) is 8.58. The zero-order valence-corrected chi connectivity index (χ0v) is 15.5. The third-order valence-corrected chi connectivity index (χ3v) is 3.71. The van der Waals surface area contributed by atoms with Crippen molar-refractivity contribution < 1.29 is 14.6 Å². The second-order valence-electron chi connectivity index (χ2n) is 7.65. The molecule has 0 spiro atoms. The van der Waals surface area contributed by atoms with Crippen LogP contribution in [0.25, 0.3) is 0 Å². The van der Waals surface area contributed by atoms with Crippen LogP contribution in [-0.2, 0) is 4.74 Å². The number of amides is 1. The maximum absolute atomic E-state index is 12.1. The van der Waals surface area contributed by atoms with E-state index in [1.165, 1.54) is 0 Å². The number of ether oxygens (including phenoxy) is 1. The fourth-order valence-corrected chi connectivity index (χ4v) is 2.44. The molecule has 0 radical (unpaired) electrons. The van der Waals surface area contributed by atoms with Crippen LogP contribution in [0.4, 0.5) is 4.79 Å². The van der Waals surface area contributed by atoms with Gasteiger partial charge in [-0.25, -0.2) is 4.79 Å².